The highest BCUT2D eigenvalue weighted by atomic mass is 16.5. The van der Waals surface area contributed by atoms with Gasteiger partial charge in [-0.1, -0.05) is 19.3 Å². The van der Waals surface area contributed by atoms with Gasteiger partial charge in [-0.05, 0) is 62.8 Å². The molecule has 37 heavy (non-hydrogen) atoms. The minimum absolute atomic E-state index is 0.355. The van der Waals surface area contributed by atoms with Crippen molar-refractivity contribution in [1.82, 2.24) is 25.3 Å². The molecule has 9 nitrogen and oxygen atoms in total. The van der Waals surface area contributed by atoms with Gasteiger partial charge in [-0.3, -0.25) is 0 Å². The van der Waals surface area contributed by atoms with Crippen molar-refractivity contribution in [1.29, 1.82) is 0 Å². The molecule has 9 heteroatoms. The van der Waals surface area contributed by atoms with Crippen LogP contribution in [-0.4, -0.2) is 52.0 Å². The zero-order valence-corrected chi connectivity index (χ0v) is 21.8. The van der Waals surface area contributed by atoms with Crippen LogP contribution < -0.4 is 20.1 Å². The summed E-state index contributed by atoms with van der Waals surface area (Å²) in [6.07, 6.45) is 10.7. The molecule has 3 aromatic rings. The largest absolute Gasteiger partial charge is 0.481 e. The quantitative estimate of drug-likeness (QED) is 0.397. The maximum atomic E-state index is 5.25. The number of ether oxygens (including phenoxy) is 2. The molecular formula is C28H35N7O2. The molecule has 0 amide bonds. The molecule has 0 saturated heterocycles. The predicted octanol–water partition coefficient (Wildman–Crippen LogP) is 5.49. The van der Waals surface area contributed by atoms with Crippen LogP contribution in [0.1, 0.15) is 51.9 Å². The fourth-order valence-corrected chi connectivity index (χ4v) is 5.01. The Morgan fingerprint density at radius 1 is 0.919 bits per heavy atom. The summed E-state index contributed by atoms with van der Waals surface area (Å²) in [4.78, 5) is 22.7. The third-order valence-electron chi connectivity index (χ3n) is 7.31. The molecule has 2 N–H and O–H groups in total. The summed E-state index contributed by atoms with van der Waals surface area (Å²) in [6, 6.07) is 12.1. The molecule has 2 fully saturated rings. The van der Waals surface area contributed by atoms with Gasteiger partial charge in [0, 0.05) is 41.3 Å². The van der Waals surface area contributed by atoms with E-state index in [1.54, 1.807) is 26.5 Å². The second-order valence-electron chi connectivity index (χ2n) is 9.76. The van der Waals surface area contributed by atoms with E-state index in [9.17, 15) is 0 Å². The number of nitrogens with one attached hydrogen (secondary N) is 2. The van der Waals surface area contributed by atoms with Crippen molar-refractivity contribution in [3.8, 4) is 23.1 Å². The molecule has 0 radical (unpaired) electrons. The van der Waals surface area contributed by atoms with Crippen LogP contribution in [0.2, 0.25) is 0 Å². The van der Waals surface area contributed by atoms with Crippen LogP contribution in [0.3, 0.4) is 0 Å². The van der Waals surface area contributed by atoms with E-state index < -0.39 is 0 Å². The Morgan fingerprint density at radius 3 is 2.30 bits per heavy atom. The van der Waals surface area contributed by atoms with E-state index in [0.29, 0.717) is 41.4 Å². The van der Waals surface area contributed by atoms with Gasteiger partial charge in [0.15, 0.2) is 11.6 Å². The smallest absolute Gasteiger partial charge is 0.229 e. The summed E-state index contributed by atoms with van der Waals surface area (Å²) >= 11 is 0. The van der Waals surface area contributed by atoms with Crippen molar-refractivity contribution in [3.05, 3.63) is 42.6 Å². The number of methoxy groups -OCH3 is 2. The first kappa shape index (κ1) is 25.1. The van der Waals surface area contributed by atoms with E-state index in [2.05, 4.69) is 37.5 Å². The maximum Gasteiger partial charge on any atom is 0.229 e. The van der Waals surface area contributed by atoms with E-state index in [0.717, 1.165) is 30.0 Å². The van der Waals surface area contributed by atoms with Gasteiger partial charge in [0.1, 0.15) is 0 Å². The molecule has 0 bridgehead atoms. The molecule has 2 saturated carbocycles. The number of hydrogen-bond donors (Lipinski definition) is 2. The number of aliphatic imine (C=N–C) groups is 1. The van der Waals surface area contributed by atoms with Crippen molar-refractivity contribution in [2.24, 2.45) is 10.9 Å². The standard InChI is InChI=1S/C28H35N7O2/c1-18(19-7-5-4-6-8-19)30-22-13-14-23(22)32-24-15-16-29-28(33-24)31-21-11-9-20(10-12-21)27-34-25(36-2)17-26(35-27)37-3/h9-12,15-19,22,30H,4-8,13-14H2,1-3H3,(H,29,31,33)/t18-,22?/m0/s1. The van der Waals surface area contributed by atoms with Crippen molar-refractivity contribution >= 4 is 23.2 Å². The van der Waals surface area contributed by atoms with Crippen LogP contribution in [0.15, 0.2) is 47.6 Å². The number of hydrogen-bond acceptors (Lipinski definition) is 9. The van der Waals surface area contributed by atoms with Crippen LogP contribution in [0.25, 0.3) is 11.4 Å². The highest BCUT2D eigenvalue weighted by Gasteiger charge is 2.30. The number of anilines is 2. The van der Waals surface area contributed by atoms with E-state index in [-0.39, 0.29) is 0 Å². The molecule has 2 heterocycles. The fraction of sp³-hybridized carbons (Fsp3) is 0.464. The van der Waals surface area contributed by atoms with Crippen LogP contribution in [0.4, 0.5) is 17.5 Å². The summed E-state index contributed by atoms with van der Waals surface area (Å²) in [5, 5.41) is 7.09. The lowest BCUT2D eigenvalue weighted by Gasteiger charge is -2.36. The molecule has 2 aliphatic rings. The molecular weight excluding hydrogens is 466 g/mol. The Hall–Kier alpha value is -3.59. The third-order valence-corrected chi connectivity index (χ3v) is 7.31. The molecule has 0 aliphatic heterocycles. The summed E-state index contributed by atoms with van der Waals surface area (Å²) < 4.78 is 10.5. The molecule has 194 valence electrons. The zero-order valence-electron chi connectivity index (χ0n) is 21.8. The third kappa shape index (κ3) is 6.22. The van der Waals surface area contributed by atoms with E-state index >= 15 is 0 Å². The molecule has 2 aromatic heterocycles. The van der Waals surface area contributed by atoms with E-state index in [4.69, 9.17) is 14.5 Å². The monoisotopic (exact) mass is 501 g/mol. The van der Waals surface area contributed by atoms with Gasteiger partial charge in [-0.15, -0.1) is 0 Å². The highest BCUT2D eigenvalue weighted by molar-refractivity contribution is 5.96. The SMILES string of the molecule is COc1cc(OC)nc(-c2ccc(Nc3nccc(N=C4CCC4N[C@@H](C)C4CCCCC4)n3)cc2)n1. The van der Waals surface area contributed by atoms with Crippen LogP contribution >= 0.6 is 0 Å². The number of aromatic nitrogens is 4. The number of rotatable bonds is 9. The summed E-state index contributed by atoms with van der Waals surface area (Å²) in [7, 11) is 3.13. The first-order chi connectivity index (χ1) is 18.1. The van der Waals surface area contributed by atoms with E-state index in [1.807, 2.05) is 30.3 Å². The van der Waals surface area contributed by atoms with Gasteiger partial charge in [-0.2, -0.15) is 15.0 Å². The van der Waals surface area contributed by atoms with Gasteiger partial charge in [0.25, 0.3) is 0 Å². The molecule has 1 aromatic carbocycles. The van der Waals surface area contributed by atoms with Gasteiger partial charge < -0.3 is 20.1 Å². The molecule has 0 spiro atoms. The first-order valence-electron chi connectivity index (χ1n) is 13.1. The molecule has 5 rings (SSSR count). The van der Waals surface area contributed by atoms with Gasteiger partial charge >= 0.3 is 0 Å². The molecule has 1 unspecified atom stereocenters. The topological polar surface area (TPSA) is 106 Å². The lowest BCUT2D eigenvalue weighted by atomic mass is 9.82. The Morgan fingerprint density at radius 2 is 1.65 bits per heavy atom. The Bertz CT molecular complexity index is 1200. The van der Waals surface area contributed by atoms with E-state index in [1.165, 1.54) is 37.8 Å². The Balaban J connectivity index is 1.23. The van der Waals surface area contributed by atoms with Crippen molar-refractivity contribution in [2.75, 3.05) is 19.5 Å². The summed E-state index contributed by atoms with van der Waals surface area (Å²) in [6.45, 7) is 2.33. The van der Waals surface area contributed by atoms with Crippen LogP contribution in [-0.2, 0) is 0 Å². The van der Waals surface area contributed by atoms with Crippen molar-refractivity contribution < 1.29 is 9.47 Å². The van der Waals surface area contributed by atoms with Crippen molar-refractivity contribution in [3.63, 3.8) is 0 Å². The second-order valence-corrected chi connectivity index (χ2v) is 9.76. The average molecular weight is 502 g/mol. The number of nitrogens with zero attached hydrogens (tertiary/aromatic N) is 5. The molecule has 2 aliphatic carbocycles. The first-order valence-corrected chi connectivity index (χ1v) is 13.1. The van der Waals surface area contributed by atoms with Crippen molar-refractivity contribution in [2.45, 2.75) is 64.0 Å². The number of benzene rings is 1. The molecule has 2 atom stereocenters. The van der Waals surface area contributed by atoms with Gasteiger partial charge in [0.2, 0.25) is 17.7 Å². The highest BCUT2D eigenvalue weighted by Crippen LogP contribution is 2.29. The van der Waals surface area contributed by atoms with Crippen LogP contribution in [0, 0.1) is 5.92 Å². The zero-order chi connectivity index (χ0) is 25.6. The Kier molecular flexibility index (Phi) is 7.89. The lowest BCUT2D eigenvalue weighted by molar-refractivity contribution is 0.268. The minimum atomic E-state index is 0.355. The predicted molar refractivity (Wildman–Crippen MR) is 145 cm³/mol. The minimum Gasteiger partial charge on any atom is -0.481 e. The average Bonchev–Trinajstić information content (AvgIpc) is 2.94. The fourth-order valence-electron chi connectivity index (χ4n) is 5.01. The summed E-state index contributed by atoms with van der Waals surface area (Å²) in [5.74, 6) is 3.39. The van der Waals surface area contributed by atoms with Gasteiger partial charge in [-0.25, -0.2) is 9.98 Å². The summed E-state index contributed by atoms with van der Waals surface area (Å²) in [5.41, 5.74) is 2.88. The van der Waals surface area contributed by atoms with Gasteiger partial charge in [0.05, 0.1) is 20.3 Å². The Labute approximate surface area is 218 Å². The maximum absolute atomic E-state index is 5.25. The lowest BCUT2D eigenvalue weighted by Crippen LogP contribution is -2.50. The van der Waals surface area contributed by atoms with Crippen LogP contribution in [0.5, 0.6) is 11.8 Å². The normalized spacial score (nSPS) is 19.8. The second kappa shape index (κ2) is 11.6.